The van der Waals surface area contributed by atoms with Gasteiger partial charge in [-0.05, 0) is 50.9 Å². The lowest BCUT2D eigenvalue weighted by Gasteiger charge is -2.48. The van der Waals surface area contributed by atoms with Gasteiger partial charge in [0.1, 0.15) is 0 Å². The van der Waals surface area contributed by atoms with Crippen molar-refractivity contribution in [2.75, 3.05) is 19.6 Å². The molecule has 98 valence electrons. The van der Waals surface area contributed by atoms with Crippen LogP contribution in [0, 0.1) is 11.8 Å². The van der Waals surface area contributed by atoms with Crippen LogP contribution >= 0.6 is 0 Å². The molecule has 2 saturated carbocycles. The van der Waals surface area contributed by atoms with Crippen LogP contribution in [0.2, 0.25) is 0 Å². The van der Waals surface area contributed by atoms with E-state index >= 15 is 0 Å². The van der Waals surface area contributed by atoms with Gasteiger partial charge in [-0.2, -0.15) is 0 Å². The minimum atomic E-state index is 0.426. The van der Waals surface area contributed by atoms with Crippen LogP contribution in [0.1, 0.15) is 52.4 Å². The smallest absolute Gasteiger partial charge is 0.0309 e. The summed E-state index contributed by atoms with van der Waals surface area (Å²) in [5, 5.41) is 3.86. The normalized spacial score (nSPS) is 40.2. The molecule has 3 fully saturated rings. The van der Waals surface area contributed by atoms with E-state index < -0.39 is 0 Å². The van der Waals surface area contributed by atoms with E-state index in [1.807, 2.05) is 0 Å². The molecule has 2 heteroatoms. The topological polar surface area (TPSA) is 15.3 Å². The van der Waals surface area contributed by atoms with Crippen molar-refractivity contribution >= 4 is 0 Å². The monoisotopic (exact) mass is 236 g/mol. The summed E-state index contributed by atoms with van der Waals surface area (Å²) in [5.41, 5.74) is 0.426. The van der Waals surface area contributed by atoms with Crippen molar-refractivity contribution in [2.24, 2.45) is 11.8 Å². The Labute approximate surface area is 106 Å². The third-order valence-corrected chi connectivity index (χ3v) is 5.46. The number of piperazine rings is 1. The molecular weight excluding hydrogens is 208 g/mol. The van der Waals surface area contributed by atoms with Crippen molar-refractivity contribution < 1.29 is 0 Å². The Hall–Kier alpha value is -0.0800. The van der Waals surface area contributed by atoms with Crippen LogP contribution in [0.3, 0.4) is 0 Å². The minimum Gasteiger partial charge on any atom is -0.308 e. The lowest BCUT2D eigenvalue weighted by molar-refractivity contribution is 0.0467. The molecule has 3 aliphatic rings. The number of hydrogen-bond donors (Lipinski definition) is 1. The molecule has 0 aromatic rings. The van der Waals surface area contributed by atoms with Crippen molar-refractivity contribution in [2.45, 2.75) is 64.0 Å². The average Bonchev–Trinajstić information content (AvgIpc) is 3.08. The van der Waals surface area contributed by atoms with Gasteiger partial charge in [-0.15, -0.1) is 0 Å². The second-order valence-electron chi connectivity index (χ2n) is 6.86. The molecule has 1 aliphatic heterocycles. The first kappa shape index (κ1) is 12.0. The van der Waals surface area contributed by atoms with Crippen LogP contribution in [0.15, 0.2) is 0 Å². The first-order valence-electron chi connectivity index (χ1n) is 7.70. The van der Waals surface area contributed by atoms with Crippen molar-refractivity contribution in [1.29, 1.82) is 0 Å². The zero-order chi connectivity index (χ0) is 11.9. The molecule has 0 aromatic carbocycles. The Morgan fingerprint density at radius 2 is 2.00 bits per heavy atom. The Kier molecular flexibility index (Phi) is 3.20. The second kappa shape index (κ2) is 4.55. The van der Waals surface area contributed by atoms with E-state index in [4.69, 9.17) is 0 Å². The molecule has 1 saturated heterocycles. The average molecular weight is 236 g/mol. The lowest BCUT2D eigenvalue weighted by Crippen LogP contribution is -2.64. The van der Waals surface area contributed by atoms with Crippen molar-refractivity contribution in [3.05, 3.63) is 0 Å². The van der Waals surface area contributed by atoms with E-state index in [-0.39, 0.29) is 0 Å². The first-order chi connectivity index (χ1) is 8.21. The van der Waals surface area contributed by atoms with Crippen LogP contribution in [0.4, 0.5) is 0 Å². The van der Waals surface area contributed by atoms with Gasteiger partial charge in [0, 0.05) is 31.2 Å². The van der Waals surface area contributed by atoms with Crippen LogP contribution in [0.5, 0.6) is 0 Å². The van der Waals surface area contributed by atoms with E-state index in [1.54, 1.807) is 0 Å². The standard InChI is InChI=1S/C15H28N2/c1-3-14-9-16-15(2,13-7-8-13)11-17(14)10-12-5-4-6-12/h12-14,16H,3-11H2,1-2H3. The van der Waals surface area contributed by atoms with E-state index in [9.17, 15) is 0 Å². The van der Waals surface area contributed by atoms with Gasteiger partial charge in [-0.3, -0.25) is 4.90 Å². The molecule has 0 aromatic heterocycles. The predicted molar refractivity (Wildman–Crippen MR) is 72.1 cm³/mol. The molecule has 2 unspecified atom stereocenters. The molecule has 0 radical (unpaired) electrons. The van der Waals surface area contributed by atoms with Crippen LogP contribution in [-0.4, -0.2) is 36.1 Å². The largest absolute Gasteiger partial charge is 0.308 e. The van der Waals surface area contributed by atoms with Crippen molar-refractivity contribution in [1.82, 2.24) is 10.2 Å². The Bertz CT molecular complexity index is 270. The number of nitrogens with one attached hydrogen (secondary N) is 1. The van der Waals surface area contributed by atoms with Gasteiger partial charge in [0.15, 0.2) is 0 Å². The summed E-state index contributed by atoms with van der Waals surface area (Å²) in [6, 6.07) is 0.794. The second-order valence-corrected chi connectivity index (χ2v) is 6.86. The van der Waals surface area contributed by atoms with Gasteiger partial charge < -0.3 is 5.32 Å². The predicted octanol–water partition coefficient (Wildman–Crippen LogP) is 2.64. The highest BCUT2D eigenvalue weighted by molar-refractivity contribution is 5.04. The Morgan fingerprint density at radius 3 is 2.53 bits per heavy atom. The Morgan fingerprint density at radius 1 is 1.24 bits per heavy atom. The molecule has 0 amide bonds. The zero-order valence-electron chi connectivity index (χ0n) is 11.5. The summed E-state index contributed by atoms with van der Waals surface area (Å²) in [6.07, 6.45) is 8.67. The zero-order valence-corrected chi connectivity index (χ0v) is 11.5. The van der Waals surface area contributed by atoms with E-state index in [2.05, 4.69) is 24.1 Å². The van der Waals surface area contributed by atoms with Crippen LogP contribution < -0.4 is 5.32 Å². The van der Waals surface area contributed by atoms with Gasteiger partial charge >= 0.3 is 0 Å². The van der Waals surface area contributed by atoms with Crippen molar-refractivity contribution in [3.63, 3.8) is 0 Å². The maximum atomic E-state index is 3.86. The van der Waals surface area contributed by atoms with E-state index in [0.717, 1.165) is 17.9 Å². The minimum absolute atomic E-state index is 0.426. The van der Waals surface area contributed by atoms with E-state index in [1.165, 1.54) is 58.2 Å². The van der Waals surface area contributed by atoms with Crippen molar-refractivity contribution in [3.8, 4) is 0 Å². The fraction of sp³-hybridized carbons (Fsp3) is 1.00. The maximum Gasteiger partial charge on any atom is 0.0309 e. The van der Waals surface area contributed by atoms with E-state index in [0.29, 0.717) is 5.54 Å². The molecule has 1 N–H and O–H groups in total. The van der Waals surface area contributed by atoms with Gasteiger partial charge in [-0.25, -0.2) is 0 Å². The molecule has 0 bridgehead atoms. The van der Waals surface area contributed by atoms with Crippen LogP contribution in [-0.2, 0) is 0 Å². The number of rotatable bonds is 4. The lowest BCUT2D eigenvalue weighted by atomic mass is 9.83. The molecule has 3 rings (SSSR count). The van der Waals surface area contributed by atoms with Gasteiger partial charge in [-0.1, -0.05) is 13.3 Å². The third-order valence-electron chi connectivity index (χ3n) is 5.46. The highest BCUT2D eigenvalue weighted by Gasteiger charge is 2.46. The van der Waals surface area contributed by atoms with Gasteiger partial charge in [0.2, 0.25) is 0 Å². The summed E-state index contributed by atoms with van der Waals surface area (Å²) in [5.74, 6) is 1.98. The van der Waals surface area contributed by atoms with Crippen LogP contribution in [0.25, 0.3) is 0 Å². The van der Waals surface area contributed by atoms with Gasteiger partial charge in [0.25, 0.3) is 0 Å². The summed E-state index contributed by atoms with van der Waals surface area (Å²) in [7, 11) is 0. The Balaban J connectivity index is 1.63. The molecular formula is C15H28N2. The summed E-state index contributed by atoms with van der Waals surface area (Å²) < 4.78 is 0. The van der Waals surface area contributed by atoms with Gasteiger partial charge in [0.05, 0.1) is 0 Å². The highest BCUT2D eigenvalue weighted by atomic mass is 15.3. The summed E-state index contributed by atoms with van der Waals surface area (Å²) in [6.45, 7) is 8.70. The SMILES string of the molecule is CCC1CNC(C)(C2CC2)CN1CC1CCC1. The fourth-order valence-corrected chi connectivity index (χ4v) is 3.70. The molecule has 2 aliphatic carbocycles. The molecule has 2 atom stereocenters. The molecule has 17 heavy (non-hydrogen) atoms. The third kappa shape index (κ3) is 2.39. The first-order valence-corrected chi connectivity index (χ1v) is 7.70. The highest BCUT2D eigenvalue weighted by Crippen LogP contribution is 2.42. The summed E-state index contributed by atoms with van der Waals surface area (Å²) >= 11 is 0. The number of nitrogens with zero attached hydrogens (tertiary/aromatic N) is 1. The summed E-state index contributed by atoms with van der Waals surface area (Å²) in [4.78, 5) is 2.82. The maximum absolute atomic E-state index is 3.86. The molecule has 1 heterocycles. The molecule has 2 nitrogen and oxygen atoms in total. The fourth-order valence-electron chi connectivity index (χ4n) is 3.70. The molecule has 0 spiro atoms. The quantitative estimate of drug-likeness (QED) is 0.807. The number of hydrogen-bond acceptors (Lipinski definition) is 2.